The van der Waals surface area contributed by atoms with Gasteiger partial charge in [0.25, 0.3) is 0 Å². The molecule has 0 aromatic heterocycles. The summed E-state index contributed by atoms with van der Waals surface area (Å²) in [4.78, 5) is 11.8. The summed E-state index contributed by atoms with van der Waals surface area (Å²) in [6.07, 6.45) is 2.18. The molecule has 1 amide bonds. The summed E-state index contributed by atoms with van der Waals surface area (Å²) in [6.45, 7) is 6.44. The van der Waals surface area contributed by atoms with E-state index in [-0.39, 0.29) is 5.91 Å². The van der Waals surface area contributed by atoms with Crippen molar-refractivity contribution in [3.05, 3.63) is 0 Å². The Morgan fingerprint density at radius 3 is 2.60 bits per heavy atom. The van der Waals surface area contributed by atoms with Crippen molar-refractivity contribution < 1.29 is 9.53 Å². The van der Waals surface area contributed by atoms with E-state index in [0.717, 1.165) is 19.4 Å². The first kappa shape index (κ1) is 12.5. The Morgan fingerprint density at radius 1 is 1.53 bits per heavy atom. The van der Waals surface area contributed by atoms with Crippen molar-refractivity contribution in [3.63, 3.8) is 0 Å². The maximum atomic E-state index is 11.8. The number of carbonyl (C=O) groups excluding carboxylic acids is 1. The van der Waals surface area contributed by atoms with Crippen LogP contribution in [0.5, 0.6) is 0 Å². The number of amides is 1. The molecule has 1 saturated heterocycles. The third-order valence-corrected chi connectivity index (χ3v) is 2.87. The molecule has 0 spiro atoms. The van der Waals surface area contributed by atoms with Gasteiger partial charge in [0.05, 0.1) is 13.2 Å². The zero-order chi connectivity index (χ0) is 11.3. The van der Waals surface area contributed by atoms with E-state index in [1.54, 1.807) is 0 Å². The number of hydrogen-bond acceptors (Lipinski definition) is 3. The van der Waals surface area contributed by atoms with E-state index in [1.807, 2.05) is 0 Å². The summed E-state index contributed by atoms with van der Waals surface area (Å²) in [5.74, 6) is 0.748. The zero-order valence-corrected chi connectivity index (χ0v) is 9.71. The van der Waals surface area contributed by atoms with Gasteiger partial charge in [0.2, 0.25) is 5.91 Å². The molecule has 1 fully saturated rings. The maximum Gasteiger partial charge on any atom is 0.232 e. The van der Waals surface area contributed by atoms with Crippen molar-refractivity contribution in [1.29, 1.82) is 0 Å². The molecule has 4 nitrogen and oxygen atoms in total. The van der Waals surface area contributed by atoms with Gasteiger partial charge in [-0.15, -0.1) is 0 Å². The van der Waals surface area contributed by atoms with Gasteiger partial charge >= 0.3 is 0 Å². The van der Waals surface area contributed by atoms with E-state index in [1.165, 1.54) is 0 Å². The maximum absolute atomic E-state index is 11.8. The number of rotatable bonds is 6. The van der Waals surface area contributed by atoms with Crippen molar-refractivity contribution in [1.82, 2.24) is 5.32 Å². The molecule has 1 aliphatic heterocycles. The average molecular weight is 214 g/mol. The molecule has 0 aliphatic carbocycles. The van der Waals surface area contributed by atoms with Gasteiger partial charge in [0.1, 0.15) is 5.41 Å². The van der Waals surface area contributed by atoms with E-state index in [9.17, 15) is 4.79 Å². The summed E-state index contributed by atoms with van der Waals surface area (Å²) in [6, 6.07) is 0. The molecule has 0 unspecified atom stereocenters. The van der Waals surface area contributed by atoms with Crippen LogP contribution in [0.2, 0.25) is 0 Å². The molecule has 0 aromatic carbocycles. The largest absolute Gasteiger partial charge is 0.379 e. The monoisotopic (exact) mass is 214 g/mol. The second-order valence-electron chi connectivity index (χ2n) is 4.77. The Kier molecular flexibility index (Phi) is 4.54. The molecule has 3 N–H and O–H groups in total. The first-order valence-electron chi connectivity index (χ1n) is 5.67. The van der Waals surface area contributed by atoms with E-state index in [2.05, 4.69) is 19.2 Å². The normalized spacial score (nSPS) is 18.7. The van der Waals surface area contributed by atoms with E-state index in [4.69, 9.17) is 10.5 Å². The lowest BCUT2D eigenvalue weighted by molar-refractivity contribution is -0.159. The lowest BCUT2D eigenvalue weighted by Gasteiger charge is -2.38. The van der Waals surface area contributed by atoms with Crippen molar-refractivity contribution in [3.8, 4) is 0 Å². The van der Waals surface area contributed by atoms with Crippen LogP contribution in [0.3, 0.4) is 0 Å². The van der Waals surface area contributed by atoms with Gasteiger partial charge in [0, 0.05) is 13.1 Å². The predicted molar refractivity (Wildman–Crippen MR) is 59.4 cm³/mol. The third kappa shape index (κ3) is 3.18. The first-order chi connectivity index (χ1) is 7.10. The number of nitrogens with one attached hydrogen (secondary N) is 1. The average Bonchev–Trinajstić information content (AvgIpc) is 2.11. The fourth-order valence-corrected chi connectivity index (χ4v) is 1.59. The van der Waals surface area contributed by atoms with Crippen LogP contribution in [0, 0.1) is 11.3 Å². The van der Waals surface area contributed by atoms with Crippen molar-refractivity contribution in [2.24, 2.45) is 17.1 Å². The van der Waals surface area contributed by atoms with Gasteiger partial charge in [-0.2, -0.15) is 0 Å². The highest BCUT2D eigenvalue weighted by atomic mass is 16.5. The highest BCUT2D eigenvalue weighted by Gasteiger charge is 2.44. The second-order valence-corrected chi connectivity index (χ2v) is 4.77. The van der Waals surface area contributed by atoms with Crippen molar-refractivity contribution in [2.75, 3.05) is 26.3 Å². The van der Waals surface area contributed by atoms with Gasteiger partial charge < -0.3 is 15.8 Å². The standard InChI is InChI=1S/C11H22N2O2/c1-9(2)4-3-5-13-10(14)11(6-12)7-15-8-11/h9H,3-8,12H2,1-2H3,(H,13,14). The van der Waals surface area contributed by atoms with Crippen LogP contribution >= 0.6 is 0 Å². The smallest absolute Gasteiger partial charge is 0.232 e. The second kappa shape index (κ2) is 5.47. The summed E-state index contributed by atoms with van der Waals surface area (Å²) in [5, 5.41) is 2.93. The van der Waals surface area contributed by atoms with Gasteiger partial charge in [0.15, 0.2) is 0 Å². The molecule has 0 saturated carbocycles. The number of nitrogens with two attached hydrogens (primary N) is 1. The van der Waals surface area contributed by atoms with Gasteiger partial charge in [-0.3, -0.25) is 4.79 Å². The molecule has 88 valence electrons. The van der Waals surface area contributed by atoms with Crippen LogP contribution in [0.1, 0.15) is 26.7 Å². The van der Waals surface area contributed by atoms with Crippen molar-refractivity contribution >= 4 is 5.91 Å². The van der Waals surface area contributed by atoms with Crippen LogP contribution in [0.15, 0.2) is 0 Å². The highest BCUT2D eigenvalue weighted by molar-refractivity contribution is 5.84. The van der Waals surface area contributed by atoms with E-state index < -0.39 is 5.41 Å². The number of carbonyl (C=O) groups is 1. The lowest BCUT2D eigenvalue weighted by Crippen LogP contribution is -2.58. The third-order valence-electron chi connectivity index (χ3n) is 2.87. The summed E-state index contributed by atoms with van der Waals surface area (Å²) < 4.78 is 5.05. The van der Waals surface area contributed by atoms with Crippen LogP contribution in [0.25, 0.3) is 0 Å². The molecule has 0 bridgehead atoms. The Labute approximate surface area is 91.5 Å². The van der Waals surface area contributed by atoms with Crippen LogP contribution < -0.4 is 11.1 Å². The van der Waals surface area contributed by atoms with E-state index in [0.29, 0.717) is 25.7 Å². The molecule has 1 rings (SSSR count). The quantitative estimate of drug-likeness (QED) is 0.633. The summed E-state index contributed by atoms with van der Waals surface area (Å²) in [7, 11) is 0. The zero-order valence-electron chi connectivity index (χ0n) is 9.71. The molecule has 0 atom stereocenters. The predicted octanol–water partition coefficient (Wildman–Crippen LogP) is 0.514. The Hall–Kier alpha value is -0.610. The highest BCUT2D eigenvalue weighted by Crippen LogP contribution is 2.25. The molecule has 15 heavy (non-hydrogen) atoms. The number of ether oxygens (including phenoxy) is 1. The molecular weight excluding hydrogens is 192 g/mol. The fraction of sp³-hybridized carbons (Fsp3) is 0.909. The van der Waals surface area contributed by atoms with Crippen LogP contribution in [-0.2, 0) is 9.53 Å². The van der Waals surface area contributed by atoms with Crippen LogP contribution in [0.4, 0.5) is 0 Å². The SMILES string of the molecule is CC(C)CCCNC(=O)C1(CN)COC1. The minimum absolute atomic E-state index is 0.0556. The number of hydrogen-bond donors (Lipinski definition) is 2. The molecule has 1 heterocycles. The summed E-state index contributed by atoms with van der Waals surface area (Å²) in [5.41, 5.74) is 5.15. The first-order valence-corrected chi connectivity index (χ1v) is 5.67. The summed E-state index contributed by atoms with van der Waals surface area (Å²) >= 11 is 0. The fourth-order valence-electron chi connectivity index (χ4n) is 1.59. The lowest BCUT2D eigenvalue weighted by atomic mass is 9.85. The van der Waals surface area contributed by atoms with Gasteiger partial charge in [-0.25, -0.2) is 0 Å². The van der Waals surface area contributed by atoms with E-state index >= 15 is 0 Å². The molecule has 0 aromatic rings. The van der Waals surface area contributed by atoms with Gasteiger partial charge in [-0.05, 0) is 18.8 Å². The van der Waals surface area contributed by atoms with Gasteiger partial charge in [-0.1, -0.05) is 13.8 Å². The minimum atomic E-state index is -0.433. The Bertz CT molecular complexity index is 207. The molecule has 0 radical (unpaired) electrons. The topological polar surface area (TPSA) is 64.4 Å². The Balaban J connectivity index is 2.18. The molecular formula is C11H22N2O2. The minimum Gasteiger partial charge on any atom is -0.379 e. The Morgan fingerprint density at radius 2 is 2.20 bits per heavy atom. The molecule has 1 aliphatic rings. The van der Waals surface area contributed by atoms with Crippen molar-refractivity contribution in [2.45, 2.75) is 26.7 Å². The molecule has 4 heteroatoms. The van der Waals surface area contributed by atoms with Crippen LogP contribution in [-0.4, -0.2) is 32.2 Å².